The van der Waals surface area contributed by atoms with Gasteiger partial charge in [0.25, 0.3) is 0 Å². The molecule has 0 atom stereocenters. The number of aryl methyl sites for hydroxylation is 8. The first-order chi connectivity index (χ1) is 17.6. The summed E-state index contributed by atoms with van der Waals surface area (Å²) < 4.78 is 27.7. The minimum atomic E-state index is -4.77. The molecule has 4 aromatic rings. The summed E-state index contributed by atoms with van der Waals surface area (Å²) in [7, 11) is 0. The molecule has 0 saturated heterocycles. The Kier molecular flexibility index (Phi) is 7.99. The van der Waals surface area contributed by atoms with Crippen LogP contribution in [0.5, 0.6) is 23.0 Å². The monoisotopic (exact) mass is 582 g/mol. The van der Waals surface area contributed by atoms with E-state index in [-0.39, 0.29) is 0 Å². The van der Waals surface area contributed by atoms with E-state index >= 15 is 0 Å². The summed E-state index contributed by atoms with van der Waals surface area (Å²) in [6.07, 6.45) is 0. The SMILES string of the molecule is Cc1cccc(C)c1[O][Mo]([O]c1c(C)cccc1C)([O]c1c(C)cccc1C)[O]c1c(C)cccc1C. The van der Waals surface area contributed by atoms with Crippen LogP contribution in [0.1, 0.15) is 44.5 Å². The molecule has 0 aromatic heterocycles. The van der Waals surface area contributed by atoms with Crippen molar-refractivity contribution in [3.05, 3.63) is 117 Å². The van der Waals surface area contributed by atoms with Crippen molar-refractivity contribution in [2.75, 3.05) is 0 Å². The third-order valence-electron chi connectivity index (χ3n) is 6.38. The Labute approximate surface area is 226 Å². The van der Waals surface area contributed by atoms with Crippen LogP contribution in [0, 0.1) is 55.4 Å². The van der Waals surface area contributed by atoms with Gasteiger partial charge in [-0.15, -0.1) is 0 Å². The molecule has 194 valence electrons. The number of hydrogen-bond donors (Lipinski definition) is 0. The topological polar surface area (TPSA) is 36.9 Å². The van der Waals surface area contributed by atoms with Crippen molar-refractivity contribution >= 4 is 0 Å². The standard InChI is InChI=1S/4C8H10O.Mo/c4*1-6-4-3-5-7(2)8(6)9;/h4*3-5,9H,1-2H3;/q;;;;+4/p-4. The third kappa shape index (κ3) is 5.86. The van der Waals surface area contributed by atoms with Crippen LogP contribution in [0.4, 0.5) is 0 Å². The van der Waals surface area contributed by atoms with Gasteiger partial charge in [0, 0.05) is 0 Å². The summed E-state index contributed by atoms with van der Waals surface area (Å²) in [5, 5.41) is 0. The maximum absolute atomic E-state index is 6.93. The van der Waals surface area contributed by atoms with Gasteiger partial charge in [-0.3, -0.25) is 0 Å². The van der Waals surface area contributed by atoms with Crippen molar-refractivity contribution < 1.29 is 31.1 Å². The van der Waals surface area contributed by atoms with Gasteiger partial charge in [-0.25, -0.2) is 0 Å². The molecule has 4 nitrogen and oxygen atoms in total. The molecule has 5 heteroatoms. The van der Waals surface area contributed by atoms with Crippen molar-refractivity contribution in [2.24, 2.45) is 0 Å². The molecule has 0 radical (unpaired) electrons. The van der Waals surface area contributed by atoms with Gasteiger partial charge >= 0.3 is 227 Å². The van der Waals surface area contributed by atoms with Gasteiger partial charge in [-0.1, -0.05) is 0 Å². The van der Waals surface area contributed by atoms with Gasteiger partial charge < -0.3 is 0 Å². The van der Waals surface area contributed by atoms with E-state index in [4.69, 9.17) is 13.6 Å². The Morgan fingerprint density at radius 2 is 0.486 bits per heavy atom. The van der Waals surface area contributed by atoms with Crippen LogP contribution in [0.15, 0.2) is 72.8 Å². The molecule has 37 heavy (non-hydrogen) atoms. The molecule has 0 fully saturated rings. The van der Waals surface area contributed by atoms with Crippen molar-refractivity contribution in [1.82, 2.24) is 0 Å². The van der Waals surface area contributed by atoms with E-state index in [2.05, 4.69) is 0 Å². The molecule has 0 unspecified atom stereocenters. The first-order valence-electron chi connectivity index (χ1n) is 12.5. The fourth-order valence-electron chi connectivity index (χ4n) is 4.23. The molecule has 0 bridgehead atoms. The fourth-order valence-corrected chi connectivity index (χ4v) is 9.33. The number of benzene rings is 4. The fraction of sp³-hybridized carbons (Fsp3) is 0.250. The Morgan fingerprint density at radius 1 is 0.324 bits per heavy atom. The second-order valence-corrected chi connectivity index (χ2v) is 13.3. The zero-order valence-corrected chi connectivity index (χ0v) is 25.0. The normalized spacial score (nSPS) is 11.7. The van der Waals surface area contributed by atoms with Gasteiger partial charge in [-0.2, -0.15) is 0 Å². The summed E-state index contributed by atoms with van der Waals surface area (Å²) in [6.45, 7) is 16.3. The number of para-hydroxylation sites is 4. The molecular weight excluding hydrogens is 544 g/mol. The molecule has 4 aromatic carbocycles. The van der Waals surface area contributed by atoms with Crippen molar-refractivity contribution in [1.29, 1.82) is 0 Å². The Bertz CT molecular complexity index is 1130. The zero-order valence-electron chi connectivity index (χ0n) is 23.0. The second kappa shape index (κ2) is 11.0. The summed E-state index contributed by atoms with van der Waals surface area (Å²) in [5.74, 6) is 2.92. The van der Waals surface area contributed by atoms with Crippen molar-refractivity contribution in [3.63, 3.8) is 0 Å². The van der Waals surface area contributed by atoms with Crippen LogP contribution in [0.2, 0.25) is 0 Å². The van der Waals surface area contributed by atoms with E-state index in [1.807, 2.05) is 128 Å². The maximum atomic E-state index is 6.93. The Hall–Kier alpha value is -3.23. The quantitative estimate of drug-likeness (QED) is 0.196. The first kappa shape index (κ1) is 26.8. The van der Waals surface area contributed by atoms with Gasteiger partial charge in [0.05, 0.1) is 0 Å². The van der Waals surface area contributed by atoms with Crippen LogP contribution in [0.3, 0.4) is 0 Å². The van der Waals surface area contributed by atoms with Crippen LogP contribution in [-0.2, 0) is 17.6 Å². The molecule has 0 aliphatic carbocycles. The molecule has 0 spiro atoms. The van der Waals surface area contributed by atoms with E-state index in [0.29, 0.717) is 0 Å². The third-order valence-corrected chi connectivity index (χ3v) is 10.0. The molecule has 0 N–H and O–H groups in total. The molecule has 0 aliphatic heterocycles. The van der Waals surface area contributed by atoms with Crippen LogP contribution in [-0.4, -0.2) is 0 Å². The van der Waals surface area contributed by atoms with E-state index in [9.17, 15) is 0 Å². The van der Waals surface area contributed by atoms with E-state index in [0.717, 1.165) is 67.5 Å². The number of hydrogen-bond acceptors (Lipinski definition) is 4. The second-order valence-electron chi connectivity index (χ2n) is 9.63. The zero-order chi connectivity index (χ0) is 26.7. The van der Waals surface area contributed by atoms with Crippen molar-refractivity contribution in [3.8, 4) is 23.0 Å². The Morgan fingerprint density at radius 3 is 0.649 bits per heavy atom. The number of rotatable bonds is 8. The molecule has 4 rings (SSSR count). The predicted molar refractivity (Wildman–Crippen MR) is 146 cm³/mol. The van der Waals surface area contributed by atoms with Gasteiger partial charge in [-0.05, 0) is 0 Å². The summed E-state index contributed by atoms with van der Waals surface area (Å²) in [4.78, 5) is 0. The van der Waals surface area contributed by atoms with Gasteiger partial charge in [0.15, 0.2) is 0 Å². The van der Waals surface area contributed by atoms with Crippen LogP contribution in [0.25, 0.3) is 0 Å². The van der Waals surface area contributed by atoms with E-state index < -0.39 is 17.6 Å². The van der Waals surface area contributed by atoms with Gasteiger partial charge in [0.2, 0.25) is 0 Å². The summed E-state index contributed by atoms with van der Waals surface area (Å²) >= 11 is -4.77. The van der Waals surface area contributed by atoms with E-state index in [1.54, 1.807) is 0 Å². The average Bonchev–Trinajstić information content (AvgIpc) is 2.84. The van der Waals surface area contributed by atoms with Gasteiger partial charge in [0.1, 0.15) is 0 Å². The molecule has 0 saturated carbocycles. The van der Waals surface area contributed by atoms with Crippen LogP contribution >= 0.6 is 0 Å². The minimum absolute atomic E-state index is 0.729. The Balaban J connectivity index is 1.98. The van der Waals surface area contributed by atoms with Crippen LogP contribution < -0.4 is 13.6 Å². The average molecular weight is 581 g/mol. The molecule has 0 aliphatic rings. The predicted octanol–water partition coefficient (Wildman–Crippen LogP) is 8.58. The van der Waals surface area contributed by atoms with Crippen molar-refractivity contribution in [2.45, 2.75) is 55.4 Å². The summed E-state index contributed by atoms with van der Waals surface area (Å²) in [6, 6.07) is 24.4. The molecular formula is C32H36MoO4. The molecule has 0 heterocycles. The summed E-state index contributed by atoms with van der Waals surface area (Å²) in [5.41, 5.74) is 7.97. The molecule has 0 amide bonds. The first-order valence-corrected chi connectivity index (χ1v) is 15.7. The van der Waals surface area contributed by atoms with E-state index in [1.165, 1.54) is 0 Å².